The molecule has 0 amide bonds. The van der Waals surface area contributed by atoms with E-state index in [-0.39, 0.29) is 0 Å². The molecule has 0 bridgehead atoms. The Hall–Kier alpha value is -0.870. The second kappa shape index (κ2) is 3.50. The van der Waals surface area contributed by atoms with E-state index in [1.54, 1.807) is 6.07 Å². The summed E-state index contributed by atoms with van der Waals surface area (Å²) >= 11 is 0. The van der Waals surface area contributed by atoms with E-state index in [0.717, 1.165) is 5.69 Å². The van der Waals surface area contributed by atoms with Gasteiger partial charge in [-0.15, -0.1) is 0 Å². The molecule has 1 aromatic heterocycles. The van der Waals surface area contributed by atoms with Crippen LogP contribution in [0.3, 0.4) is 0 Å². The minimum Gasteiger partial charge on any atom is -0.385 e. The molecule has 0 spiro atoms. The number of nitrogens with two attached hydrogens (primary N) is 1. The van der Waals surface area contributed by atoms with Crippen molar-refractivity contribution in [2.24, 2.45) is 5.73 Å². The normalized spacial score (nSPS) is 13.4. The number of hydrogen-bond donors (Lipinski definition) is 2. The molecule has 1 heterocycles. The fourth-order valence-corrected chi connectivity index (χ4v) is 0.840. The molecule has 4 heteroatoms. The first-order valence-electron chi connectivity index (χ1n) is 3.55. The van der Waals surface area contributed by atoms with Crippen molar-refractivity contribution < 1.29 is 9.63 Å². The average molecular weight is 156 g/mol. The van der Waals surface area contributed by atoms with Gasteiger partial charge in [-0.25, -0.2) is 0 Å². The van der Waals surface area contributed by atoms with Crippen LogP contribution in [0.1, 0.15) is 24.0 Å². The first-order chi connectivity index (χ1) is 5.24. The maximum Gasteiger partial charge on any atom is 0.165 e. The minimum absolute atomic E-state index is 0.445. The van der Waals surface area contributed by atoms with Crippen LogP contribution < -0.4 is 5.73 Å². The van der Waals surface area contributed by atoms with Gasteiger partial charge in [0, 0.05) is 6.07 Å². The number of rotatable bonds is 3. The van der Waals surface area contributed by atoms with E-state index < -0.39 is 6.10 Å². The van der Waals surface area contributed by atoms with Gasteiger partial charge < -0.3 is 15.4 Å². The molecule has 0 unspecified atom stereocenters. The largest absolute Gasteiger partial charge is 0.385 e. The summed E-state index contributed by atoms with van der Waals surface area (Å²) in [6.07, 6.45) is -0.101. The zero-order valence-corrected chi connectivity index (χ0v) is 6.45. The minimum atomic E-state index is -0.610. The number of aryl methyl sites for hydroxylation is 1. The smallest absolute Gasteiger partial charge is 0.165 e. The van der Waals surface area contributed by atoms with Crippen LogP contribution in [0.5, 0.6) is 0 Å². The Balaban J connectivity index is 2.60. The Kier molecular flexibility index (Phi) is 2.62. The van der Waals surface area contributed by atoms with Gasteiger partial charge in [0.2, 0.25) is 0 Å². The van der Waals surface area contributed by atoms with Crippen molar-refractivity contribution in [3.8, 4) is 0 Å². The maximum atomic E-state index is 9.32. The predicted octanol–water partition coefficient (Wildman–Crippen LogP) is 0.365. The zero-order chi connectivity index (χ0) is 8.27. The number of nitrogens with zero attached hydrogens (tertiary/aromatic N) is 1. The van der Waals surface area contributed by atoms with Crippen molar-refractivity contribution in [3.05, 3.63) is 17.5 Å². The van der Waals surface area contributed by atoms with Crippen LogP contribution in [0.2, 0.25) is 0 Å². The molecular weight excluding hydrogens is 144 g/mol. The third-order valence-corrected chi connectivity index (χ3v) is 1.41. The molecule has 0 aliphatic rings. The molecule has 11 heavy (non-hydrogen) atoms. The summed E-state index contributed by atoms with van der Waals surface area (Å²) in [5.74, 6) is 0.493. The van der Waals surface area contributed by atoms with Crippen LogP contribution in [0.4, 0.5) is 0 Å². The SMILES string of the molecule is Cc1cc([C@@H](O)CCN)on1. The summed E-state index contributed by atoms with van der Waals surface area (Å²) in [7, 11) is 0. The van der Waals surface area contributed by atoms with Crippen LogP contribution >= 0.6 is 0 Å². The Morgan fingerprint density at radius 3 is 3.00 bits per heavy atom. The second-order valence-electron chi connectivity index (χ2n) is 2.46. The summed E-state index contributed by atoms with van der Waals surface area (Å²) < 4.78 is 4.82. The standard InChI is InChI=1S/C7H12N2O2/c1-5-4-7(11-9-5)6(10)2-3-8/h4,6,10H,2-3,8H2,1H3/t6-/m0/s1. The predicted molar refractivity (Wildman–Crippen MR) is 39.9 cm³/mol. The molecule has 1 atom stereocenters. The Labute approximate surface area is 65.0 Å². The topological polar surface area (TPSA) is 72.3 Å². The van der Waals surface area contributed by atoms with E-state index in [2.05, 4.69) is 5.16 Å². The van der Waals surface area contributed by atoms with Crippen LogP contribution in [-0.4, -0.2) is 16.8 Å². The zero-order valence-electron chi connectivity index (χ0n) is 6.45. The van der Waals surface area contributed by atoms with Gasteiger partial charge in [0.25, 0.3) is 0 Å². The van der Waals surface area contributed by atoms with E-state index >= 15 is 0 Å². The van der Waals surface area contributed by atoms with E-state index in [1.165, 1.54) is 0 Å². The summed E-state index contributed by atoms with van der Waals surface area (Å²) in [5, 5.41) is 13.0. The Bertz CT molecular complexity index is 222. The van der Waals surface area contributed by atoms with Gasteiger partial charge in [0.05, 0.1) is 5.69 Å². The van der Waals surface area contributed by atoms with Crippen LogP contribution in [0, 0.1) is 6.92 Å². The summed E-state index contributed by atoms with van der Waals surface area (Å²) in [5.41, 5.74) is 6.03. The quantitative estimate of drug-likeness (QED) is 0.663. The van der Waals surface area contributed by atoms with E-state index in [1.807, 2.05) is 6.92 Å². The molecule has 0 aliphatic carbocycles. The lowest BCUT2D eigenvalue weighted by Crippen LogP contribution is -2.05. The molecule has 0 saturated carbocycles. The Morgan fingerprint density at radius 2 is 2.55 bits per heavy atom. The molecule has 0 radical (unpaired) electrons. The van der Waals surface area contributed by atoms with Crippen molar-refractivity contribution >= 4 is 0 Å². The molecule has 1 aromatic rings. The van der Waals surface area contributed by atoms with Gasteiger partial charge in [-0.1, -0.05) is 5.16 Å². The van der Waals surface area contributed by atoms with E-state index in [4.69, 9.17) is 10.3 Å². The summed E-state index contributed by atoms with van der Waals surface area (Å²) in [4.78, 5) is 0. The molecule has 0 aromatic carbocycles. The third kappa shape index (κ3) is 2.03. The average Bonchev–Trinajstić information content (AvgIpc) is 2.36. The number of hydrogen-bond acceptors (Lipinski definition) is 4. The van der Waals surface area contributed by atoms with Crippen molar-refractivity contribution in [1.82, 2.24) is 5.16 Å². The van der Waals surface area contributed by atoms with Crippen LogP contribution in [0.15, 0.2) is 10.6 Å². The monoisotopic (exact) mass is 156 g/mol. The molecule has 0 fully saturated rings. The lowest BCUT2D eigenvalue weighted by Gasteiger charge is -2.02. The van der Waals surface area contributed by atoms with Crippen molar-refractivity contribution in [3.63, 3.8) is 0 Å². The van der Waals surface area contributed by atoms with Gasteiger partial charge in [0.1, 0.15) is 6.10 Å². The highest BCUT2D eigenvalue weighted by molar-refractivity contribution is 5.05. The highest BCUT2D eigenvalue weighted by Crippen LogP contribution is 2.15. The lowest BCUT2D eigenvalue weighted by molar-refractivity contribution is 0.133. The molecule has 0 aliphatic heterocycles. The first kappa shape index (κ1) is 8.23. The molecule has 0 saturated heterocycles. The number of aliphatic hydroxyl groups is 1. The van der Waals surface area contributed by atoms with Gasteiger partial charge in [-0.3, -0.25) is 0 Å². The van der Waals surface area contributed by atoms with Gasteiger partial charge in [-0.05, 0) is 19.9 Å². The lowest BCUT2D eigenvalue weighted by atomic mass is 10.2. The van der Waals surface area contributed by atoms with E-state index in [0.29, 0.717) is 18.7 Å². The fraction of sp³-hybridized carbons (Fsp3) is 0.571. The molecule has 4 nitrogen and oxygen atoms in total. The summed E-state index contributed by atoms with van der Waals surface area (Å²) in [6.45, 7) is 2.25. The number of aromatic nitrogens is 1. The molecule has 3 N–H and O–H groups in total. The van der Waals surface area contributed by atoms with Gasteiger partial charge in [0.15, 0.2) is 5.76 Å². The molecule has 1 rings (SSSR count). The fourth-order valence-electron chi connectivity index (χ4n) is 0.840. The first-order valence-corrected chi connectivity index (χ1v) is 3.55. The van der Waals surface area contributed by atoms with Gasteiger partial charge >= 0.3 is 0 Å². The maximum absolute atomic E-state index is 9.32. The van der Waals surface area contributed by atoms with Crippen molar-refractivity contribution in [2.75, 3.05) is 6.54 Å². The summed E-state index contributed by atoms with van der Waals surface area (Å²) in [6, 6.07) is 1.71. The van der Waals surface area contributed by atoms with Crippen LogP contribution in [0.25, 0.3) is 0 Å². The molecular formula is C7H12N2O2. The van der Waals surface area contributed by atoms with Gasteiger partial charge in [-0.2, -0.15) is 0 Å². The van der Waals surface area contributed by atoms with Crippen molar-refractivity contribution in [2.45, 2.75) is 19.4 Å². The third-order valence-electron chi connectivity index (χ3n) is 1.41. The Morgan fingerprint density at radius 1 is 1.82 bits per heavy atom. The highest BCUT2D eigenvalue weighted by Gasteiger charge is 2.10. The number of aliphatic hydroxyl groups excluding tert-OH is 1. The van der Waals surface area contributed by atoms with Crippen LogP contribution in [-0.2, 0) is 0 Å². The molecule has 62 valence electrons. The van der Waals surface area contributed by atoms with E-state index in [9.17, 15) is 5.11 Å². The second-order valence-corrected chi connectivity index (χ2v) is 2.46. The highest BCUT2D eigenvalue weighted by atomic mass is 16.5. The van der Waals surface area contributed by atoms with Crippen molar-refractivity contribution in [1.29, 1.82) is 0 Å².